The number of hydrogen-bond donors (Lipinski definition) is 1. The van der Waals surface area contributed by atoms with Crippen LogP contribution in [0.4, 0.5) is 25.2 Å². The Bertz CT molecular complexity index is 1150. The van der Waals surface area contributed by atoms with Gasteiger partial charge in [-0.05, 0) is 0 Å². The molecule has 2 N–H and O–H groups in total. The Hall–Kier alpha value is -2.66. The fourth-order valence-electron chi connectivity index (χ4n) is 2.83. The van der Waals surface area contributed by atoms with Crippen LogP contribution in [0.1, 0.15) is 11.1 Å². The zero-order valence-electron chi connectivity index (χ0n) is 16.4. The van der Waals surface area contributed by atoms with E-state index in [2.05, 4.69) is 85.0 Å². The third-order valence-corrected chi connectivity index (χ3v) is 6.56. The van der Waals surface area contributed by atoms with Crippen LogP contribution in [0.5, 0.6) is 0 Å². The third-order valence-electron chi connectivity index (χ3n) is 4.15. The summed E-state index contributed by atoms with van der Waals surface area (Å²) in [5.41, 5.74) is 5.87. The van der Waals surface area contributed by atoms with Gasteiger partial charge in [-0.15, -0.1) is 0 Å². The first-order valence-electron chi connectivity index (χ1n) is 9.26. The van der Waals surface area contributed by atoms with Crippen LogP contribution in [0.15, 0.2) is 107 Å². The molecule has 0 saturated carbocycles. The number of allylic oxidation sites excluding steroid dienone is 9. The van der Waals surface area contributed by atoms with Crippen LogP contribution < -0.4 is 5.41 Å². The van der Waals surface area contributed by atoms with Gasteiger partial charge in [-0.1, -0.05) is 0 Å². The molecule has 0 fully saturated rings. The van der Waals surface area contributed by atoms with Gasteiger partial charge in [0, 0.05) is 0 Å². The van der Waals surface area contributed by atoms with Gasteiger partial charge >= 0.3 is 187 Å². The molecule has 2 aromatic carbocycles. The van der Waals surface area contributed by atoms with Crippen LogP contribution in [0, 0.1) is 0 Å². The fraction of sp³-hybridized carbons (Fsp3) is 0. The Labute approximate surface area is 187 Å². The minimum absolute atomic E-state index is 0.260. The molecule has 0 aromatic heterocycles. The number of hydrogen-bond acceptors (Lipinski definition) is 0. The van der Waals surface area contributed by atoms with E-state index in [1.165, 1.54) is 31.2 Å². The van der Waals surface area contributed by atoms with E-state index in [1.54, 1.807) is 0 Å². The quantitative estimate of drug-likeness (QED) is 0.251. The molecule has 2 aliphatic rings. The van der Waals surface area contributed by atoms with Crippen molar-refractivity contribution < 1.29 is 30.6 Å². The average Bonchev–Trinajstić information content (AvgIpc) is 2.73. The Morgan fingerprint density at radius 3 is 1.59 bits per heavy atom. The second-order valence-corrected chi connectivity index (χ2v) is 11.1. The van der Waals surface area contributed by atoms with Crippen molar-refractivity contribution in [3.8, 4) is 0 Å². The molecule has 0 amide bonds. The molecule has 32 heavy (non-hydrogen) atoms. The monoisotopic (exact) mass is 533 g/mol. The number of halogens is 6. The third kappa shape index (κ3) is 8.46. The van der Waals surface area contributed by atoms with Gasteiger partial charge in [0.1, 0.15) is 0 Å². The molecular weight excluding hydrogens is 514 g/mol. The van der Waals surface area contributed by atoms with Gasteiger partial charge in [0.05, 0.1) is 0 Å². The normalized spacial score (nSPS) is 18.1. The SMILES string of the molecule is F[P-](F)(F)(F)(F)F.[NH2+]=C1C=CC(=C2C=C(c3ccccc3)C=C(c3ccccc3)[Se]2)C=C1. The van der Waals surface area contributed by atoms with E-state index in [0.29, 0.717) is 0 Å². The maximum atomic E-state index is 9.87. The van der Waals surface area contributed by atoms with Gasteiger partial charge in [0.2, 0.25) is 0 Å². The van der Waals surface area contributed by atoms with E-state index >= 15 is 0 Å². The molecule has 2 aromatic rings. The van der Waals surface area contributed by atoms with Gasteiger partial charge in [-0.25, -0.2) is 0 Å². The van der Waals surface area contributed by atoms with Gasteiger partial charge < -0.3 is 0 Å². The number of benzene rings is 2. The second-order valence-electron chi connectivity index (χ2n) is 6.89. The van der Waals surface area contributed by atoms with Crippen molar-refractivity contribution in [2.75, 3.05) is 0 Å². The summed E-state index contributed by atoms with van der Waals surface area (Å²) in [6.07, 6.45) is 12.9. The molecule has 1 aliphatic heterocycles. The molecule has 0 bridgehead atoms. The zero-order chi connectivity index (χ0) is 23.5. The van der Waals surface area contributed by atoms with Crippen LogP contribution in [0.2, 0.25) is 0 Å². The molecule has 4 rings (SSSR count). The predicted molar refractivity (Wildman–Crippen MR) is 120 cm³/mol. The molecule has 9 heteroatoms. The van der Waals surface area contributed by atoms with Crippen molar-refractivity contribution in [2.24, 2.45) is 0 Å². The predicted octanol–water partition coefficient (Wildman–Crippen LogP) is 6.79. The molecule has 1 heterocycles. The van der Waals surface area contributed by atoms with Crippen molar-refractivity contribution in [2.45, 2.75) is 0 Å². The summed E-state index contributed by atoms with van der Waals surface area (Å²) >= 11 is 0.260. The summed E-state index contributed by atoms with van der Waals surface area (Å²) in [6, 6.07) is 21.3. The second kappa shape index (κ2) is 8.36. The van der Waals surface area contributed by atoms with Crippen molar-refractivity contribution in [1.82, 2.24) is 0 Å². The van der Waals surface area contributed by atoms with Gasteiger partial charge in [-0.3, -0.25) is 0 Å². The first kappa shape index (κ1) is 24.0. The van der Waals surface area contributed by atoms with E-state index in [9.17, 15) is 25.2 Å². The fourth-order valence-corrected chi connectivity index (χ4v) is 5.18. The molecule has 0 atom stereocenters. The first-order valence-corrected chi connectivity index (χ1v) is 13.0. The van der Waals surface area contributed by atoms with Crippen LogP contribution in [0.25, 0.3) is 10.0 Å². The van der Waals surface area contributed by atoms with Gasteiger partial charge in [0.15, 0.2) is 0 Å². The van der Waals surface area contributed by atoms with E-state index in [1.807, 2.05) is 12.2 Å². The van der Waals surface area contributed by atoms with Crippen molar-refractivity contribution in [3.05, 3.63) is 118 Å². The molecule has 1 nitrogen and oxygen atoms in total. The molecule has 0 saturated heterocycles. The van der Waals surface area contributed by atoms with Gasteiger partial charge in [0.25, 0.3) is 0 Å². The molecular formula is C23H18F6NPSe. The van der Waals surface area contributed by atoms with E-state index in [4.69, 9.17) is 5.41 Å². The first-order chi connectivity index (χ1) is 14.7. The maximum absolute atomic E-state index is 10.7. The summed E-state index contributed by atoms with van der Waals surface area (Å²) in [5.74, 6) is 0. The zero-order valence-corrected chi connectivity index (χ0v) is 19.0. The summed E-state index contributed by atoms with van der Waals surface area (Å²) < 4.78 is 62.0. The standard InChI is InChI=1S/C23H17NSe.F6P/c24-21-13-11-19(12-14-21)23-16-20(17-7-3-1-4-8-17)15-22(25-23)18-9-5-2-6-10-18;1-7(2,3,4,5)6/h1-16,24H;/q;-1/p+1. The summed E-state index contributed by atoms with van der Waals surface area (Å²) in [4.78, 5) is 0. The summed E-state index contributed by atoms with van der Waals surface area (Å²) in [7, 11) is -10.7. The van der Waals surface area contributed by atoms with E-state index in [0.717, 1.165) is 5.71 Å². The number of nitrogens with two attached hydrogens (primary N) is 1. The van der Waals surface area contributed by atoms with Crippen molar-refractivity contribution in [1.29, 1.82) is 0 Å². The van der Waals surface area contributed by atoms with Crippen molar-refractivity contribution >= 4 is 38.5 Å². The molecule has 1 aliphatic carbocycles. The topological polar surface area (TPSA) is 25.6 Å². The van der Waals surface area contributed by atoms with Crippen LogP contribution in [-0.4, -0.2) is 20.7 Å². The number of rotatable bonds is 2. The Morgan fingerprint density at radius 2 is 1.09 bits per heavy atom. The molecule has 168 valence electrons. The van der Waals surface area contributed by atoms with E-state index in [-0.39, 0.29) is 15.0 Å². The minimum atomic E-state index is -10.7. The van der Waals surface area contributed by atoms with Crippen molar-refractivity contribution in [3.63, 3.8) is 0 Å². The van der Waals surface area contributed by atoms with Crippen LogP contribution in [-0.2, 0) is 0 Å². The summed E-state index contributed by atoms with van der Waals surface area (Å²) in [6.45, 7) is 0. The summed E-state index contributed by atoms with van der Waals surface area (Å²) in [5, 5.41) is 5.86. The Kier molecular flexibility index (Phi) is 6.27. The van der Waals surface area contributed by atoms with Gasteiger partial charge in [-0.2, -0.15) is 0 Å². The molecule has 0 spiro atoms. The van der Waals surface area contributed by atoms with Crippen LogP contribution in [0.3, 0.4) is 0 Å². The molecule has 0 radical (unpaired) electrons. The molecule has 0 unspecified atom stereocenters. The Morgan fingerprint density at radius 1 is 0.625 bits per heavy atom. The Balaban J connectivity index is 0.000000360. The van der Waals surface area contributed by atoms with E-state index < -0.39 is 7.81 Å². The van der Waals surface area contributed by atoms with Crippen LogP contribution >= 0.6 is 7.81 Å². The average molecular weight is 532 g/mol.